The highest BCUT2D eigenvalue weighted by Crippen LogP contribution is 2.37. The highest BCUT2D eigenvalue weighted by Gasteiger charge is 2.38. The Morgan fingerprint density at radius 2 is 2.03 bits per heavy atom. The third-order valence-electron chi connectivity index (χ3n) is 5.45. The van der Waals surface area contributed by atoms with Crippen LogP contribution in [0.1, 0.15) is 19.3 Å². The molecule has 0 saturated heterocycles. The molecular formula is C23H20N4O3S2. The van der Waals surface area contributed by atoms with Crippen LogP contribution in [0.5, 0.6) is 5.75 Å². The lowest BCUT2D eigenvalue weighted by Crippen LogP contribution is -2.15. The SMILES string of the molecule is C#CCCC1(CCOc2cccc(-c3cn4c(n3)sc3cc(S(C)(=O)=O)ccc34)c2)N=N1. The quantitative estimate of drug-likeness (QED) is 0.345. The lowest BCUT2D eigenvalue weighted by Gasteiger charge is -2.11. The van der Waals surface area contributed by atoms with Crippen molar-refractivity contribution in [2.75, 3.05) is 12.9 Å². The summed E-state index contributed by atoms with van der Waals surface area (Å²) in [7, 11) is -3.25. The van der Waals surface area contributed by atoms with Gasteiger partial charge in [-0.15, -0.1) is 12.3 Å². The zero-order valence-corrected chi connectivity index (χ0v) is 19.0. The molecule has 0 unspecified atom stereocenters. The molecule has 0 amide bonds. The largest absolute Gasteiger partial charge is 0.493 e. The normalized spacial score (nSPS) is 14.6. The molecule has 0 radical (unpaired) electrons. The van der Waals surface area contributed by atoms with Gasteiger partial charge in [0, 0.05) is 37.3 Å². The van der Waals surface area contributed by atoms with E-state index >= 15 is 0 Å². The van der Waals surface area contributed by atoms with Gasteiger partial charge in [-0.05, 0) is 30.3 Å². The van der Waals surface area contributed by atoms with Gasteiger partial charge in [0.2, 0.25) is 0 Å². The molecule has 0 atom stereocenters. The molecule has 0 bridgehead atoms. The molecular weight excluding hydrogens is 444 g/mol. The second kappa shape index (κ2) is 7.73. The number of sulfone groups is 1. The van der Waals surface area contributed by atoms with Crippen molar-refractivity contribution in [3.63, 3.8) is 0 Å². The zero-order valence-electron chi connectivity index (χ0n) is 17.4. The number of terminal acetylenes is 1. The fourth-order valence-electron chi connectivity index (χ4n) is 3.60. The summed E-state index contributed by atoms with van der Waals surface area (Å²) < 4.78 is 32.5. The van der Waals surface area contributed by atoms with E-state index in [-0.39, 0.29) is 5.66 Å². The van der Waals surface area contributed by atoms with Gasteiger partial charge in [-0.1, -0.05) is 23.5 Å². The molecule has 9 heteroatoms. The minimum absolute atomic E-state index is 0.312. The van der Waals surface area contributed by atoms with E-state index in [9.17, 15) is 8.42 Å². The minimum Gasteiger partial charge on any atom is -0.493 e. The van der Waals surface area contributed by atoms with Gasteiger partial charge in [0.15, 0.2) is 20.5 Å². The van der Waals surface area contributed by atoms with Crippen molar-refractivity contribution < 1.29 is 13.2 Å². The van der Waals surface area contributed by atoms with Crippen LogP contribution in [-0.2, 0) is 9.84 Å². The molecule has 5 rings (SSSR count). The lowest BCUT2D eigenvalue weighted by molar-refractivity contribution is 0.284. The molecule has 1 aliphatic rings. The number of hydrogen-bond acceptors (Lipinski definition) is 7. The van der Waals surface area contributed by atoms with Gasteiger partial charge < -0.3 is 4.74 Å². The maximum absolute atomic E-state index is 11.8. The minimum atomic E-state index is -3.25. The van der Waals surface area contributed by atoms with E-state index in [1.165, 1.54) is 17.6 Å². The third kappa shape index (κ3) is 3.99. The van der Waals surface area contributed by atoms with Crippen LogP contribution in [0.15, 0.2) is 63.8 Å². The Balaban J connectivity index is 1.34. The van der Waals surface area contributed by atoms with Crippen LogP contribution in [0.25, 0.3) is 26.4 Å². The van der Waals surface area contributed by atoms with E-state index in [0.717, 1.165) is 38.6 Å². The summed E-state index contributed by atoms with van der Waals surface area (Å²) in [6.07, 6.45) is 10.6. The first kappa shape index (κ1) is 20.7. The van der Waals surface area contributed by atoms with E-state index in [0.29, 0.717) is 24.3 Å². The Kier molecular flexibility index (Phi) is 4.99. The van der Waals surface area contributed by atoms with Crippen molar-refractivity contribution in [2.24, 2.45) is 10.2 Å². The van der Waals surface area contributed by atoms with Gasteiger partial charge in [-0.3, -0.25) is 4.40 Å². The van der Waals surface area contributed by atoms with E-state index in [1.807, 2.05) is 40.9 Å². The molecule has 7 nitrogen and oxygen atoms in total. The standard InChI is InChI=1S/C23H20N4O3S2/c1-3-4-10-23(25-26-23)11-12-30-17-7-5-6-16(13-17)19-15-27-20-9-8-18(32(2,28)29)14-21(20)31-22(27)24-19/h1,5-9,13-15H,4,10-12H2,2H3. The molecule has 0 aliphatic carbocycles. The number of rotatable bonds is 8. The van der Waals surface area contributed by atoms with Crippen molar-refractivity contribution in [2.45, 2.75) is 29.8 Å². The maximum Gasteiger partial charge on any atom is 0.195 e. The first-order valence-electron chi connectivity index (χ1n) is 10.1. The average Bonchev–Trinajstić information content (AvgIpc) is 3.27. The fourth-order valence-corrected chi connectivity index (χ4v) is 5.37. The topological polar surface area (TPSA) is 85.4 Å². The highest BCUT2D eigenvalue weighted by molar-refractivity contribution is 7.90. The Labute approximate surface area is 189 Å². The Hall–Kier alpha value is -3.22. The van der Waals surface area contributed by atoms with Gasteiger partial charge in [-0.25, -0.2) is 13.4 Å². The van der Waals surface area contributed by atoms with Gasteiger partial charge in [-0.2, -0.15) is 10.2 Å². The van der Waals surface area contributed by atoms with E-state index < -0.39 is 9.84 Å². The summed E-state index contributed by atoms with van der Waals surface area (Å²) in [5, 5.41) is 8.27. The average molecular weight is 465 g/mol. The number of aromatic nitrogens is 2. The molecule has 0 saturated carbocycles. The summed E-state index contributed by atoms with van der Waals surface area (Å²) in [4.78, 5) is 5.86. The number of thiazole rings is 1. The molecule has 0 N–H and O–H groups in total. The molecule has 0 fully saturated rings. The zero-order chi connectivity index (χ0) is 22.3. The van der Waals surface area contributed by atoms with Crippen LogP contribution in [0, 0.1) is 12.3 Å². The van der Waals surface area contributed by atoms with Crippen LogP contribution in [0.3, 0.4) is 0 Å². The molecule has 0 spiro atoms. The van der Waals surface area contributed by atoms with Crippen molar-refractivity contribution in [1.29, 1.82) is 0 Å². The maximum atomic E-state index is 11.8. The van der Waals surface area contributed by atoms with Crippen LogP contribution >= 0.6 is 11.3 Å². The van der Waals surface area contributed by atoms with Crippen molar-refractivity contribution in [1.82, 2.24) is 9.38 Å². The molecule has 2 aromatic heterocycles. The summed E-state index contributed by atoms with van der Waals surface area (Å²) in [6.45, 7) is 0.507. The van der Waals surface area contributed by atoms with Gasteiger partial charge in [0.1, 0.15) is 5.75 Å². The number of ether oxygens (including phenoxy) is 1. The molecule has 2 aromatic carbocycles. The van der Waals surface area contributed by atoms with Crippen molar-refractivity contribution >= 4 is 36.4 Å². The number of imidazole rings is 1. The van der Waals surface area contributed by atoms with Crippen molar-refractivity contribution in [3.05, 3.63) is 48.7 Å². The predicted molar refractivity (Wildman–Crippen MR) is 125 cm³/mol. The Morgan fingerprint density at radius 1 is 1.19 bits per heavy atom. The first-order chi connectivity index (χ1) is 15.4. The van der Waals surface area contributed by atoms with Crippen molar-refractivity contribution in [3.8, 4) is 29.4 Å². The van der Waals surface area contributed by atoms with Crippen LogP contribution < -0.4 is 4.74 Å². The first-order valence-corrected chi connectivity index (χ1v) is 12.8. The second-order valence-corrected chi connectivity index (χ2v) is 10.8. The number of nitrogens with zero attached hydrogens (tertiary/aromatic N) is 4. The monoisotopic (exact) mass is 464 g/mol. The molecule has 32 heavy (non-hydrogen) atoms. The second-order valence-electron chi connectivity index (χ2n) is 7.80. The van der Waals surface area contributed by atoms with Crippen LogP contribution in [0.2, 0.25) is 0 Å². The summed E-state index contributed by atoms with van der Waals surface area (Å²) >= 11 is 1.46. The van der Waals surface area contributed by atoms with Gasteiger partial charge >= 0.3 is 0 Å². The summed E-state index contributed by atoms with van der Waals surface area (Å²) in [5.74, 6) is 3.39. The van der Waals surface area contributed by atoms with Crippen LogP contribution in [0.4, 0.5) is 0 Å². The Morgan fingerprint density at radius 3 is 2.78 bits per heavy atom. The number of hydrogen-bond donors (Lipinski definition) is 0. The molecule has 162 valence electrons. The third-order valence-corrected chi connectivity index (χ3v) is 7.58. The highest BCUT2D eigenvalue weighted by atomic mass is 32.2. The van der Waals surface area contributed by atoms with Crippen LogP contribution in [-0.4, -0.2) is 36.3 Å². The summed E-state index contributed by atoms with van der Waals surface area (Å²) in [6, 6.07) is 13.0. The molecule has 4 aromatic rings. The fraction of sp³-hybridized carbons (Fsp3) is 0.261. The smallest absolute Gasteiger partial charge is 0.195 e. The van der Waals surface area contributed by atoms with Gasteiger partial charge in [0.25, 0.3) is 0 Å². The molecule has 1 aliphatic heterocycles. The molecule has 3 heterocycles. The number of fused-ring (bicyclic) bond motifs is 3. The summed E-state index contributed by atoms with van der Waals surface area (Å²) in [5.41, 5.74) is 2.35. The Bertz CT molecular complexity index is 1500. The van der Waals surface area contributed by atoms with E-state index in [2.05, 4.69) is 16.1 Å². The van der Waals surface area contributed by atoms with E-state index in [4.69, 9.17) is 16.1 Å². The predicted octanol–water partition coefficient (Wildman–Crippen LogP) is 4.96. The van der Waals surface area contributed by atoms with Gasteiger partial charge in [0.05, 0.1) is 27.4 Å². The lowest BCUT2D eigenvalue weighted by atomic mass is 10.1. The van der Waals surface area contributed by atoms with E-state index in [1.54, 1.807) is 12.1 Å². The number of benzene rings is 2.